The highest BCUT2D eigenvalue weighted by atomic mass is 16.4. The fourth-order valence-corrected chi connectivity index (χ4v) is 2.87. The van der Waals surface area contributed by atoms with Gasteiger partial charge in [-0.15, -0.1) is 0 Å². The third-order valence-electron chi connectivity index (χ3n) is 4.20. The second-order valence-corrected chi connectivity index (χ2v) is 6.31. The molecule has 0 aliphatic heterocycles. The number of nitrogens with one attached hydrogen (secondary N) is 3. The van der Waals surface area contributed by atoms with Crippen LogP contribution in [-0.4, -0.2) is 34.9 Å². The molecule has 0 saturated heterocycles. The summed E-state index contributed by atoms with van der Waals surface area (Å²) in [5, 5.41) is 16.3. The number of hydrogen-bond acceptors (Lipinski definition) is 4. The lowest BCUT2D eigenvalue weighted by atomic mass is 10.1. The van der Waals surface area contributed by atoms with E-state index in [9.17, 15) is 9.59 Å². The molecule has 1 heterocycles. The lowest BCUT2D eigenvalue weighted by Crippen LogP contribution is -2.23. The van der Waals surface area contributed by atoms with Crippen LogP contribution in [0.5, 0.6) is 0 Å². The van der Waals surface area contributed by atoms with Crippen molar-refractivity contribution in [2.45, 2.75) is 12.8 Å². The summed E-state index contributed by atoms with van der Waals surface area (Å²) >= 11 is 0. The zero-order valence-electron chi connectivity index (χ0n) is 15.1. The smallest absolute Gasteiger partial charge is 0.404 e. The zero-order chi connectivity index (χ0) is 19.9. The van der Waals surface area contributed by atoms with Gasteiger partial charge in [0.2, 0.25) is 5.91 Å². The van der Waals surface area contributed by atoms with Gasteiger partial charge >= 0.3 is 6.09 Å². The fourth-order valence-electron chi connectivity index (χ4n) is 2.87. The lowest BCUT2D eigenvalue weighted by Gasteiger charge is -2.03. The maximum Gasteiger partial charge on any atom is 0.404 e. The number of hydrogen-bond donors (Lipinski definition) is 5. The first-order valence-electron chi connectivity index (χ1n) is 8.74. The van der Waals surface area contributed by atoms with Gasteiger partial charge in [-0.25, -0.2) is 4.79 Å². The van der Waals surface area contributed by atoms with E-state index >= 15 is 0 Å². The number of anilines is 1. The van der Waals surface area contributed by atoms with Gasteiger partial charge in [0.15, 0.2) is 0 Å². The van der Waals surface area contributed by atoms with E-state index in [1.54, 1.807) is 6.21 Å². The predicted molar refractivity (Wildman–Crippen MR) is 109 cm³/mol. The van der Waals surface area contributed by atoms with E-state index in [0.29, 0.717) is 13.0 Å². The quantitative estimate of drug-likeness (QED) is 0.304. The predicted octanol–water partition coefficient (Wildman–Crippen LogP) is 2.45. The number of fused-ring (bicyclic) bond motifs is 1. The number of amides is 2. The van der Waals surface area contributed by atoms with Crippen LogP contribution in [-0.2, 0) is 17.6 Å². The Morgan fingerprint density at radius 3 is 2.68 bits per heavy atom. The van der Waals surface area contributed by atoms with Gasteiger partial charge in [-0.1, -0.05) is 18.2 Å². The van der Waals surface area contributed by atoms with E-state index < -0.39 is 6.09 Å². The first kappa shape index (κ1) is 19.0. The molecular formula is C20H21N5O3. The van der Waals surface area contributed by atoms with Crippen molar-refractivity contribution in [3.8, 4) is 0 Å². The van der Waals surface area contributed by atoms with Crippen LogP contribution in [0.15, 0.2) is 53.8 Å². The van der Waals surface area contributed by atoms with Crippen LogP contribution >= 0.6 is 0 Å². The number of carbonyl (C=O) groups excluding carboxylic acids is 1. The van der Waals surface area contributed by atoms with Crippen molar-refractivity contribution >= 4 is 34.8 Å². The van der Waals surface area contributed by atoms with Crippen LogP contribution < -0.4 is 16.5 Å². The number of rotatable bonds is 8. The van der Waals surface area contributed by atoms with Crippen LogP contribution in [0.3, 0.4) is 0 Å². The Morgan fingerprint density at radius 2 is 1.96 bits per heavy atom. The van der Waals surface area contributed by atoms with E-state index in [1.165, 1.54) is 0 Å². The molecule has 8 heteroatoms. The number of benzene rings is 2. The number of hydrazone groups is 1. The molecule has 0 saturated carbocycles. The molecule has 0 aliphatic rings. The Balaban J connectivity index is 1.64. The van der Waals surface area contributed by atoms with Crippen LogP contribution in [0.1, 0.15) is 16.7 Å². The Bertz CT molecular complexity index is 1010. The van der Waals surface area contributed by atoms with Crippen molar-refractivity contribution in [3.63, 3.8) is 0 Å². The molecule has 0 aliphatic carbocycles. The van der Waals surface area contributed by atoms with Crippen molar-refractivity contribution in [2.75, 3.05) is 12.0 Å². The summed E-state index contributed by atoms with van der Waals surface area (Å²) < 4.78 is 0. The average Bonchev–Trinajstić information content (AvgIpc) is 3.05. The van der Waals surface area contributed by atoms with E-state index in [2.05, 4.69) is 20.8 Å². The van der Waals surface area contributed by atoms with Gasteiger partial charge in [0.1, 0.15) is 0 Å². The maximum atomic E-state index is 10.9. The monoisotopic (exact) mass is 379 g/mol. The fraction of sp³-hybridized carbons (Fsp3) is 0.150. The zero-order valence-corrected chi connectivity index (χ0v) is 15.1. The van der Waals surface area contributed by atoms with Gasteiger partial charge in [-0.05, 0) is 47.4 Å². The van der Waals surface area contributed by atoms with Crippen molar-refractivity contribution in [1.82, 2.24) is 10.3 Å². The number of aromatic nitrogens is 1. The molecule has 8 nitrogen and oxygen atoms in total. The summed E-state index contributed by atoms with van der Waals surface area (Å²) in [5.41, 5.74) is 12.7. The minimum atomic E-state index is -1.03. The summed E-state index contributed by atoms with van der Waals surface area (Å²) in [5.74, 6) is -0.364. The standard InChI is InChI=1S/C20H21N5O3/c21-19(26)10-13-1-4-16(5-2-13)25-24-11-14-3-6-18-17(9-14)15(12-23-18)7-8-22-20(27)28/h1-6,9,11-12,22-23,25H,7-8,10H2,(H2,21,26)(H,27,28). The highest BCUT2D eigenvalue weighted by molar-refractivity contribution is 5.91. The Kier molecular flexibility index (Phi) is 5.91. The molecule has 3 rings (SSSR count). The topological polar surface area (TPSA) is 133 Å². The van der Waals surface area contributed by atoms with Gasteiger partial charge in [-0.2, -0.15) is 5.10 Å². The molecule has 2 amide bonds. The summed E-state index contributed by atoms with van der Waals surface area (Å²) in [6.45, 7) is 0.355. The summed E-state index contributed by atoms with van der Waals surface area (Å²) in [4.78, 5) is 24.7. The Labute approximate surface area is 161 Å². The number of H-pyrrole nitrogens is 1. The molecule has 0 bridgehead atoms. The van der Waals surface area contributed by atoms with Crippen molar-refractivity contribution < 1.29 is 14.7 Å². The summed E-state index contributed by atoms with van der Waals surface area (Å²) in [6, 6.07) is 13.2. The van der Waals surface area contributed by atoms with Crippen molar-refractivity contribution in [2.24, 2.45) is 10.8 Å². The first-order chi connectivity index (χ1) is 13.5. The van der Waals surface area contributed by atoms with Gasteiger partial charge in [-0.3, -0.25) is 10.2 Å². The van der Waals surface area contributed by atoms with E-state index in [4.69, 9.17) is 10.8 Å². The number of aromatic amines is 1. The van der Waals surface area contributed by atoms with Gasteiger partial charge in [0.25, 0.3) is 0 Å². The third-order valence-corrected chi connectivity index (χ3v) is 4.20. The lowest BCUT2D eigenvalue weighted by molar-refractivity contribution is -0.117. The summed E-state index contributed by atoms with van der Waals surface area (Å²) in [7, 11) is 0. The number of primary amides is 1. The van der Waals surface area contributed by atoms with Crippen molar-refractivity contribution in [1.29, 1.82) is 0 Å². The van der Waals surface area contributed by atoms with Crippen LogP contribution in [0.4, 0.5) is 10.5 Å². The highest BCUT2D eigenvalue weighted by Crippen LogP contribution is 2.20. The van der Waals surface area contributed by atoms with Crippen molar-refractivity contribution in [3.05, 3.63) is 65.4 Å². The molecule has 0 atom stereocenters. The molecule has 28 heavy (non-hydrogen) atoms. The molecule has 2 aromatic carbocycles. The SMILES string of the molecule is NC(=O)Cc1ccc(NN=Cc2ccc3[nH]cc(CCNC(=O)O)c3c2)cc1. The molecular weight excluding hydrogens is 358 g/mol. The molecule has 3 aromatic rings. The van der Waals surface area contributed by atoms with Gasteiger partial charge < -0.3 is 21.1 Å². The van der Waals surface area contributed by atoms with Crippen LogP contribution in [0, 0.1) is 0 Å². The van der Waals surface area contributed by atoms with E-state index in [0.717, 1.165) is 33.3 Å². The Morgan fingerprint density at radius 1 is 1.18 bits per heavy atom. The largest absolute Gasteiger partial charge is 0.465 e. The highest BCUT2D eigenvalue weighted by Gasteiger charge is 2.05. The number of nitrogens with zero attached hydrogens (tertiary/aromatic N) is 1. The second-order valence-electron chi connectivity index (χ2n) is 6.31. The molecule has 6 N–H and O–H groups in total. The number of carboxylic acid groups (broad SMARTS) is 1. The second kappa shape index (κ2) is 8.72. The number of nitrogens with two attached hydrogens (primary N) is 1. The Hall–Kier alpha value is -3.81. The molecule has 1 aromatic heterocycles. The van der Waals surface area contributed by atoms with E-state index in [1.807, 2.05) is 48.7 Å². The minimum absolute atomic E-state index is 0.213. The molecule has 0 unspecified atom stereocenters. The van der Waals surface area contributed by atoms with E-state index in [-0.39, 0.29) is 12.3 Å². The molecule has 0 fully saturated rings. The maximum absolute atomic E-state index is 10.9. The first-order valence-corrected chi connectivity index (χ1v) is 8.74. The average molecular weight is 379 g/mol. The van der Waals surface area contributed by atoms with Crippen LogP contribution in [0.2, 0.25) is 0 Å². The molecule has 0 radical (unpaired) electrons. The van der Waals surface area contributed by atoms with Crippen LogP contribution in [0.25, 0.3) is 10.9 Å². The van der Waals surface area contributed by atoms with Gasteiger partial charge in [0.05, 0.1) is 18.3 Å². The third kappa shape index (κ3) is 5.10. The minimum Gasteiger partial charge on any atom is -0.465 e. The molecule has 144 valence electrons. The number of carbonyl (C=O) groups is 2. The summed E-state index contributed by atoms with van der Waals surface area (Å²) in [6.07, 6.45) is 3.39. The van der Waals surface area contributed by atoms with Gasteiger partial charge in [0, 0.05) is 23.6 Å². The normalized spacial score (nSPS) is 11.0. The molecule has 0 spiro atoms.